The minimum Gasteiger partial charge on any atom is -0.453 e. The van der Waals surface area contributed by atoms with Crippen LogP contribution in [-0.4, -0.2) is 105 Å². The Labute approximate surface area is 344 Å². The summed E-state index contributed by atoms with van der Waals surface area (Å²) in [6, 6.07) is 8.68. The molecule has 0 radical (unpaired) electrons. The van der Waals surface area contributed by atoms with Crippen molar-refractivity contribution >= 4 is 29.3 Å². The van der Waals surface area contributed by atoms with E-state index in [1.807, 2.05) is 62.0 Å². The number of nitrogens with zero attached hydrogens (tertiary/aromatic N) is 5. The van der Waals surface area contributed by atoms with Crippen LogP contribution in [0.3, 0.4) is 0 Å². The Bertz CT molecular complexity index is 2200. The number of methoxy groups -OCH3 is 2. The number of alkyl carbamates (subject to hydrolysis) is 1. The van der Waals surface area contributed by atoms with Crippen LogP contribution in [0.15, 0.2) is 42.7 Å². The van der Waals surface area contributed by atoms with Gasteiger partial charge in [0, 0.05) is 37.9 Å². The van der Waals surface area contributed by atoms with Gasteiger partial charge >= 0.3 is 6.09 Å². The number of aromatic nitrogens is 4. The zero-order chi connectivity index (χ0) is 41.5. The number of hydrogen-bond donors (Lipinski definition) is 5. The molecule has 8 rings (SSSR count). The van der Waals surface area contributed by atoms with Gasteiger partial charge in [-0.15, -0.1) is 0 Å². The molecule has 4 aromatic rings. The summed E-state index contributed by atoms with van der Waals surface area (Å²) in [4.78, 5) is 62.1. The molecule has 59 heavy (non-hydrogen) atoms. The molecule has 0 bridgehead atoms. The maximum Gasteiger partial charge on any atom is 0.407 e. The molecule has 2 aromatic heterocycles. The normalized spacial score (nSPS) is 20.0. The molecule has 2 fully saturated rings. The first-order valence-corrected chi connectivity index (χ1v) is 20.7. The highest BCUT2D eigenvalue weighted by Crippen LogP contribution is 2.52. The average molecular weight is 810 g/mol. The number of anilines is 2. The van der Waals surface area contributed by atoms with Crippen molar-refractivity contribution in [3.63, 3.8) is 0 Å². The number of likely N-dealkylation sites (tertiary alicyclic amines) is 2. The minimum absolute atomic E-state index is 0.0581. The lowest BCUT2D eigenvalue weighted by molar-refractivity contribution is -0.145. The van der Waals surface area contributed by atoms with Gasteiger partial charge in [0.2, 0.25) is 18.2 Å². The lowest BCUT2D eigenvalue weighted by atomic mass is 9.95. The third-order valence-electron chi connectivity index (χ3n) is 12.1. The lowest BCUT2D eigenvalue weighted by Crippen LogP contribution is -2.52. The number of ether oxygens (including phenoxy) is 3. The fourth-order valence-electron chi connectivity index (χ4n) is 9.04. The molecule has 2 saturated heterocycles. The van der Waals surface area contributed by atoms with Gasteiger partial charge in [0.15, 0.2) is 11.5 Å². The molecular formula is C43H55N9O7. The summed E-state index contributed by atoms with van der Waals surface area (Å²) in [6.07, 6.45) is 6.92. The summed E-state index contributed by atoms with van der Waals surface area (Å²) in [5.41, 5.74) is 6.84. The van der Waals surface area contributed by atoms with E-state index in [1.165, 1.54) is 19.8 Å². The van der Waals surface area contributed by atoms with Crippen LogP contribution in [0.1, 0.15) is 89.1 Å². The molecule has 0 spiro atoms. The molecule has 3 amide bonds. The number of aromatic amines is 2. The average Bonchev–Trinajstić information content (AvgIpc) is 4.08. The molecular weight excluding hydrogens is 755 g/mol. The van der Waals surface area contributed by atoms with Crippen molar-refractivity contribution < 1.29 is 33.7 Å². The third kappa shape index (κ3) is 7.76. The standard InChI is InChI=1S/C43H55N9O7/c1-23(2)35(48-42(55)57-5)40(53)51-16-8-11-30(51)38-44-21-28(46-38)25-13-14-33-32(19-25)50-15-7-10-26-18-27(20-34(59-33)37(26)50)29-22-45-39(47-29)31-12-9-17-52(31)41(54)36(24(3)4)49-43(56)58-6/h13-14,18-24,30-31,35-36,43,49,56H,7-12,15-17H2,1-6H3,(H,44,46)(H,45,47)(H,48,55). The summed E-state index contributed by atoms with van der Waals surface area (Å²) < 4.78 is 16.4. The van der Waals surface area contributed by atoms with Gasteiger partial charge in [-0.2, -0.15) is 0 Å². The van der Waals surface area contributed by atoms with Gasteiger partial charge in [0.1, 0.15) is 17.7 Å². The number of nitrogens with one attached hydrogen (secondary N) is 4. The molecule has 5 atom stereocenters. The molecule has 314 valence electrons. The molecule has 2 aromatic carbocycles. The molecule has 16 nitrogen and oxygen atoms in total. The van der Waals surface area contributed by atoms with Crippen molar-refractivity contribution in [2.24, 2.45) is 11.8 Å². The van der Waals surface area contributed by atoms with Gasteiger partial charge in [-0.05, 0) is 86.3 Å². The SMILES string of the molecule is COC(=O)NC(C(=O)N1CCCC1c1ncc(-c2ccc3c(c2)N2CCCc4cc(-c5cnc(C6CCCN6C(=O)C(NC(O)OC)C(C)C)[nH]5)cc(c42)O3)[nH]1)C(C)C. The third-order valence-corrected chi connectivity index (χ3v) is 12.1. The highest BCUT2D eigenvalue weighted by Gasteiger charge is 2.39. The molecule has 5 N–H and O–H groups in total. The lowest BCUT2D eigenvalue weighted by Gasteiger charge is -2.38. The first-order chi connectivity index (χ1) is 28.4. The molecule has 16 heteroatoms. The van der Waals surface area contributed by atoms with E-state index in [1.54, 1.807) is 0 Å². The number of benzene rings is 2. The second-order valence-corrected chi connectivity index (χ2v) is 16.6. The number of aryl methyl sites for hydroxylation is 1. The Kier molecular flexibility index (Phi) is 11.4. The highest BCUT2D eigenvalue weighted by atomic mass is 16.6. The van der Waals surface area contributed by atoms with Crippen LogP contribution >= 0.6 is 0 Å². The quantitative estimate of drug-likeness (QED) is 0.107. The summed E-state index contributed by atoms with van der Waals surface area (Å²) in [7, 11) is 2.68. The first-order valence-electron chi connectivity index (χ1n) is 20.7. The van der Waals surface area contributed by atoms with Gasteiger partial charge < -0.3 is 49.3 Å². The van der Waals surface area contributed by atoms with Crippen molar-refractivity contribution in [2.45, 2.75) is 96.8 Å². The number of fused-ring (bicyclic) bond motifs is 2. The number of amides is 3. The summed E-state index contributed by atoms with van der Waals surface area (Å²) in [6.45, 7) is 9.74. The number of carbonyl (C=O) groups excluding carboxylic acids is 3. The molecule has 4 aliphatic heterocycles. The monoisotopic (exact) mass is 809 g/mol. The molecule has 0 aliphatic carbocycles. The van der Waals surface area contributed by atoms with E-state index < -0.39 is 24.6 Å². The highest BCUT2D eigenvalue weighted by molar-refractivity contribution is 5.87. The molecule has 4 aliphatic rings. The van der Waals surface area contributed by atoms with E-state index in [0.29, 0.717) is 18.9 Å². The summed E-state index contributed by atoms with van der Waals surface area (Å²) in [5, 5.41) is 15.7. The van der Waals surface area contributed by atoms with Crippen molar-refractivity contribution in [1.82, 2.24) is 40.4 Å². The van der Waals surface area contributed by atoms with Crippen LogP contribution in [-0.2, 0) is 25.5 Å². The Morgan fingerprint density at radius 1 is 0.814 bits per heavy atom. The smallest absolute Gasteiger partial charge is 0.407 e. The van der Waals surface area contributed by atoms with Gasteiger partial charge in [-0.1, -0.05) is 27.7 Å². The summed E-state index contributed by atoms with van der Waals surface area (Å²) >= 11 is 0. The van der Waals surface area contributed by atoms with Crippen LogP contribution < -0.4 is 20.3 Å². The van der Waals surface area contributed by atoms with E-state index in [-0.39, 0.29) is 35.7 Å². The van der Waals surface area contributed by atoms with Gasteiger partial charge in [-0.3, -0.25) is 14.9 Å². The molecule has 6 heterocycles. The Balaban J connectivity index is 1.01. The number of carbonyl (C=O) groups is 3. The number of imidazole rings is 2. The van der Waals surface area contributed by atoms with Crippen LogP contribution in [0, 0.1) is 11.8 Å². The van der Waals surface area contributed by atoms with Crippen molar-refractivity contribution in [1.29, 1.82) is 0 Å². The fraction of sp³-hybridized carbons (Fsp3) is 0.512. The number of aliphatic hydroxyl groups excluding tert-OH is 1. The maximum atomic E-state index is 13.7. The van der Waals surface area contributed by atoms with Gasteiger partial charge in [0.05, 0.1) is 60.4 Å². The van der Waals surface area contributed by atoms with Crippen molar-refractivity contribution in [3.8, 4) is 34.0 Å². The topological polar surface area (TPSA) is 190 Å². The van der Waals surface area contributed by atoms with E-state index in [0.717, 1.165) is 96.3 Å². The van der Waals surface area contributed by atoms with E-state index in [2.05, 4.69) is 43.7 Å². The maximum absolute atomic E-state index is 13.7. The van der Waals surface area contributed by atoms with E-state index >= 15 is 0 Å². The minimum atomic E-state index is -1.24. The Morgan fingerprint density at radius 3 is 2.05 bits per heavy atom. The van der Waals surface area contributed by atoms with E-state index in [4.69, 9.17) is 24.2 Å². The van der Waals surface area contributed by atoms with Crippen molar-refractivity contribution in [2.75, 3.05) is 38.8 Å². The number of rotatable bonds is 12. The predicted octanol–water partition coefficient (Wildman–Crippen LogP) is 5.90. The van der Waals surface area contributed by atoms with Crippen LogP contribution in [0.2, 0.25) is 0 Å². The molecule has 0 saturated carbocycles. The van der Waals surface area contributed by atoms with Crippen molar-refractivity contribution in [3.05, 3.63) is 59.9 Å². The zero-order valence-electron chi connectivity index (χ0n) is 34.6. The summed E-state index contributed by atoms with van der Waals surface area (Å²) in [5.74, 6) is 2.58. The number of H-pyrrole nitrogens is 2. The predicted molar refractivity (Wildman–Crippen MR) is 220 cm³/mol. The van der Waals surface area contributed by atoms with E-state index in [9.17, 15) is 19.5 Å². The van der Waals surface area contributed by atoms with Gasteiger partial charge in [0.25, 0.3) is 0 Å². The van der Waals surface area contributed by atoms with Crippen LogP contribution in [0.25, 0.3) is 22.5 Å². The second-order valence-electron chi connectivity index (χ2n) is 16.6. The zero-order valence-corrected chi connectivity index (χ0v) is 34.6. The fourth-order valence-corrected chi connectivity index (χ4v) is 9.04. The number of hydrogen-bond acceptors (Lipinski definition) is 11. The Hall–Kier alpha value is -5.45. The van der Waals surface area contributed by atoms with Crippen LogP contribution in [0.4, 0.5) is 16.2 Å². The van der Waals surface area contributed by atoms with Crippen LogP contribution in [0.5, 0.6) is 11.5 Å². The second kappa shape index (κ2) is 16.7. The first kappa shape index (κ1) is 40.3. The largest absolute Gasteiger partial charge is 0.453 e. The van der Waals surface area contributed by atoms with Gasteiger partial charge in [-0.25, -0.2) is 14.8 Å². The molecule has 5 unspecified atom stereocenters. The number of aliphatic hydroxyl groups is 1. The Morgan fingerprint density at radius 2 is 1.44 bits per heavy atom.